The molecular weight excluding hydrogens is 433 g/mol. The predicted octanol–water partition coefficient (Wildman–Crippen LogP) is 2.50. The fourth-order valence-electron chi connectivity index (χ4n) is 2.44. The maximum absolute atomic E-state index is 11.8. The Kier molecular flexibility index (Phi) is 8.47. The molecule has 0 saturated heterocycles. The molecule has 0 spiro atoms. The Morgan fingerprint density at radius 3 is 2.68 bits per heavy atom. The normalized spacial score (nSPS) is 16.3. The molecule has 1 aromatic carbocycles. The van der Waals surface area contributed by atoms with Crippen LogP contribution in [0.2, 0.25) is 0 Å². The Balaban J connectivity index is 0.00000312. The molecule has 0 radical (unpaired) electrons. The highest BCUT2D eigenvalue weighted by atomic mass is 127. The molecule has 1 aromatic rings. The molecule has 0 saturated carbocycles. The van der Waals surface area contributed by atoms with E-state index >= 15 is 0 Å². The number of hydrogen-bond donors (Lipinski definition) is 2. The molecule has 140 valence electrons. The summed E-state index contributed by atoms with van der Waals surface area (Å²) in [7, 11) is 0. The Morgan fingerprint density at radius 1 is 1.32 bits per heavy atom. The van der Waals surface area contributed by atoms with E-state index in [1.54, 1.807) is 0 Å². The van der Waals surface area contributed by atoms with E-state index in [1.165, 1.54) is 5.56 Å². The van der Waals surface area contributed by atoms with Gasteiger partial charge in [0, 0.05) is 13.0 Å². The number of benzene rings is 1. The molecule has 25 heavy (non-hydrogen) atoms. The van der Waals surface area contributed by atoms with E-state index in [-0.39, 0.29) is 42.6 Å². The van der Waals surface area contributed by atoms with Gasteiger partial charge in [0.1, 0.15) is 24.0 Å². The van der Waals surface area contributed by atoms with Crippen LogP contribution in [0.1, 0.15) is 33.3 Å². The van der Waals surface area contributed by atoms with Crippen LogP contribution >= 0.6 is 24.0 Å². The summed E-state index contributed by atoms with van der Waals surface area (Å²) in [6.07, 6.45) is 0.932. The zero-order valence-corrected chi connectivity index (χ0v) is 17.6. The summed E-state index contributed by atoms with van der Waals surface area (Å²) in [5.41, 5.74) is 0.724. The van der Waals surface area contributed by atoms with Crippen LogP contribution in [0, 0.1) is 0 Å². The van der Waals surface area contributed by atoms with Gasteiger partial charge in [-0.05, 0) is 39.3 Å². The van der Waals surface area contributed by atoms with Gasteiger partial charge in [-0.2, -0.15) is 0 Å². The Morgan fingerprint density at radius 2 is 2.04 bits per heavy atom. The van der Waals surface area contributed by atoms with E-state index in [9.17, 15) is 4.79 Å². The Labute approximate surface area is 166 Å². The highest BCUT2D eigenvalue weighted by Gasteiger charge is 2.22. The van der Waals surface area contributed by atoms with Gasteiger partial charge in [0.05, 0.1) is 6.54 Å². The standard InChI is InChI=1S/C18H27N3O3.HI/c1-5-19-17(21-12-16(22)24-18(2,3)4)20-11-14-10-13-8-6-7-9-15(13)23-14;/h6-9,14H,5,10-12H2,1-4H3,(H2,19,20,21);1H. The molecule has 1 atom stereocenters. The minimum Gasteiger partial charge on any atom is -0.488 e. The second-order valence-electron chi connectivity index (χ2n) is 6.71. The monoisotopic (exact) mass is 461 g/mol. The first kappa shape index (κ1) is 21.5. The predicted molar refractivity (Wildman–Crippen MR) is 110 cm³/mol. The molecule has 0 aromatic heterocycles. The SMILES string of the molecule is CCNC(=NCC(=O)OC(C)(C)C)NCC1Cc2ccccc2O1.I. The first-order valence-corrected chi connectivity index (χ1v) is 8.36. The van der Waals surface area contributed by atoms with E-state index in [0.717, 1.165) is 12.2 Å². The Bertz CT molecular complexity index is 574. The lowest BCUT2D eigenvalue weighted by Gasteiger charge is -2.19. The summed E-state index contributed by atoms with van der Waals surface area (Å²) < 4.78 is 11.2. The van der Waals surface area contributed by atoms with Gasteiger partial charge in [0.15, 0.2) is 5.96 Å². The average molecular weight is 461 g/mol. The van der Waals surface area contributed by atoms with Crippen molar-refractivity contribution in [2.45, 2.75) is 45.8 Å². The van der Waals surface area contributed by atoms with Gasteiger partial charge < -0.3 is 20.1 Å². The van der Waals surface area contributed by atoms with Crippen molar-refractivity contribution in [2.75, 3.05) is 19.6 Å². The molecule has 1 unspecified atom stereocenters. The average Bonchev–Trinajstić information content (AvgIpc) is 2.91. The summed E-state index contributed by atoms with van der Waals surface area (Å²) in [5, 5.41) is 6.34. The van der Waals surface area contributed by atoms with Crippen LogP contribution in [0.25, 0.3) is 0 Å². The quantitative estimate of drug-likeness (QED) is 0.305. The van der Waals surface area contributed by atoms with Crippen molar-refractivity contribution in [1.82, 2.24) is 10.6 Å². The maximum atomic E-state index is 11.8. The highest BCUT2D eigenvalue weighted by molar-refractivity contribution is 14.0. The third-order valence-corrected chi connectivity index (χ3v) is 3.34. The second-order valence-corrected chi connectivity index (χ2v) is 6.71. The van der Waals surface area contributed by atoms with Crippen LogP contribution < -0.4 is 15.4 Å². The van der Waals surface area contributed by atoms with E-state index in [0.29, 0.717) is 19.0 Å². The van der Waals surface area contributed by atoms with Crippen LogP contribution in [0.15, 0.2) is 29.3 Å². The summed E-state index contributed by atoms with van der Waals surface area (Å²) in [5.74, 6) is 1.19. The lowest BCUT2D eigenvalue weighted by atomic mass is 10.1. The zero-order valence-electron chi connectivity index (χ0n) is 15.3. The summed E-state index contributed by atoms with van der Waals surface area (Å²) >= 11 is 0. The summed E-state index contributed by atoms with van der Waals surface area (Å²) in [4.78, 5) is 16.0. The van der Waals surface area contributed by atoms with Crippen LogP contribution in [-0.4, -0.2) is 43.3 Å². The van der Waals surface area contributed by atoms with E-state index in [2.05, 4.69) is 21.7 Å². The molecule has 1 aliphatic rings. The third kappa shape index (κ3) is 7.50. The maximum Gasteiger partial charge on any atom is 0.328 e. The fourth-order valence-corrected chi connectivity index (χ4v) is 2.44. The molecule has 1 heterocycles. The van der Waals surface area contributed by atoms with Gasteiger partial charge in [-0.3, -0.25) is 4.79 Å². The molecule has 1 aliphatic heterocycles. The number of nitrogens with zero attached hydrogens (tertiary/aromatic N) is 1. The minimum absolute atomic E-state index is 0. The molecule has 0 amide bonds. The van der Waals surface area contributed by atoms with Crippen molar-refractivity contribution >= 4 is 35.9 Å². The van der Waals surface area contributed by atoms with Crippen LogP contribution in [0.5, 0.6) is 5.75 Å². The third-order valence-electron chi connectivity index (χ3n) is 3.34. The van der Waals surface area contributed by atoms with Crippen molar-refractivity contribution in [3.63, 3.8) is 0 Å². The van der Waals surface area contributed by atoms with Gasteiger partial charge in [0.25, 0.3) is 0 Å². The van der Waals surface area contributed by atoms with Crippen molar-refractivity contribution in [1.29, 1.82) is 0 Å². The molecule has 2 rings (SSSR count). The number of carbonyl (C=O) groups is 1. The lowest BCUT2D eigenvalue weighted by Crippen LogP contribution is -2.42. The van der Waals surface area contributed by atoms with Gasteiger partial charge in [-0.15, -0.1) is 24.0 Å². The topological polar surface area (TPSA) is 72.0 Å². The number of hydrogen-bond acceptors (Lipinski definition) is 4. The summed E-state index contributed by atoms with van der Waals surface area (Å²) in [6.45, 7) is 8.82. The van der Waals surface area contributed by atoms with Gasteiger partial charge in [0.2, 0.25) is 0 Å². The lowest BCUT2D eigenvalue weighted by molar-refractivity contribution is -0.152. The number of rotatable bonds is 5. The zero-order chi connectivity index (χ0) is 17.6. The first-order valence-electron chi connectivity index (χ1n) is 8.36. The van der Waals surface area contributed by atoms with Crippen molar-refractivity contribution < 1.29 is 14.3 Å². The number of carbonyl (C=O) groups excluding carboxylic acids is 1. The highest BCUT2D eigenvalue weighted by Crippen LogP contribution is 2.27. The molecule has 0 fully saturated rings. The number of guanidine groups is 1. The molecule has 2 N–H and O–H groups in total. The molecule has 7 heteroatoms. The second kappa shape index (κ2) is 9.84. The molecular formula is C18H28IN3O3. The summed E-state index contributed by atoms with van der Waals surface area (Å²) in [6, 6.07) is 8.06. The minimum atomic E-state index is -0.498. The van der Waals surface area contributed by atoms with E-state index in [1.807, 2.05) is 45.9 Å². The van der Waals surface area contributed by atoms with Crippen LogP contribution in [-0.2, 0) is 16.0 Å². The number of ether oxygens (including phenoxy) is 2. The van der Waals surface area contributed by atoms with Crippen molar-refractivity contribution in [2.24, 2.45) is 4.99 Å². The Hall–Kier alpha value is -1.51. The molecule has 6 nitrogen and oxygen atoms in total. The fraction of sp³-hybridized carbons (Fsp3) is 0.556. The van der Waals surface area contributed by atoms with E-state index in [4.69, 9.17) is 9.47 Å². The molecule has 0 bridgehead atoms. The smallest absolute Gasteiger partial charge is 0.328 e. The van der Waals surface area contributed by atoms with Gasteiger partial charge >= 0.3 is 5.97 Å². The van der Waals surface area contributed by atoms with Gasteiger partial charge in [-0.1, -0.05) is 18.2 Å². The van der Waals surface area contributed by atoms with Gasteiger partial charge in [-0.25, -0.2) is 4.99 Å². The van der Waals surface area contributed by atoms with Crippen molar-refractivity contribution in [3.05, 3.63) is 29.8 Å². The van der Waals surface area contributed by atoms with Crippen LogP contribution in [0.3, 0.4) is 0 Å². The van der Waals surface area contributed by atoms with Crippen LogP contribution in [0.4, 0.5) is 0 Å². The first-order chi connectivity index (χ1) is 11.4. The largest absolute Gasteiger partial charge is 0.488 e. The number of halogens is 1. The van der Waals surface area contributed by atoms with E-state index < -0.39 is 5.60 Å². The number of aliphatic imine (C=N–C) groups is 1. The number of esters is 1. The number of fused-ring (bicyclic) bond motifs is 1. The number of nitrogens with one attached hydrogen (secondary N) is 2. The number of para-hydroxylation sites is 1. The molecule has 0 aliphatic carbocycles. The van der Waals surface area contributed by atoms with Crippen molar-refractivity contribution in [3.8, 4) is 5.75 Å².